The minimum absolute atomic E-state index is 0.142. The first kappa shape index (κ1) is 18.6. The summed E-state index contributed by atoms with van der Waals surface area (Å²) in [5, 5.41) is 1.29. The SMILES string of the molecule is C=C(c1cccc(Cl)c1CSc1nc(C)cc(=O)[nH]1)N(CC)CC. The third kappa shape index (κ3) is 4.42. The predicted octanol–water partition coefficient (Wildman–Crippen LogP) is 4.34. The molecule has 0 radical (unpaired) electrons. The molecule has 0 aliphatic heterocycles. The number of rotatable bonds is 7. The number of nitrogens with zero attached hydrogens (tertiary/aromatic N) is 2. The zero-order chi connectivity index (χ0) is 17.7. The van der Waals surface area contributed by atoms with Crippen LogP contribution in [0.25, 0.3) is 5.70 Å². The lowest BCUT2D eigenvalue weighted by molar-refractivity contribution is 0.442. The number of aromatic amines is 1. The molecule has 0 bridgehead atoms. The Morgan fingerprint density at radius 3 is 2.71 bits per heavy atom. The zero-order valence-electron chi connectivity index (χ0n) is 14.2. The zero-order valence-corrected chi connectivity index (χ0v) is 15.8. The molecule has 0 aliphatic carbocycles. The molecule has 0 saturated heterocycles. The van der Waals surface area contributed by atoms with E-state index < -0.39 is 0 Å². The Bertz CT molecular complexity index is 784. The summed E-state index contributed by atoms with van der Waals surface area (Å²) in [5.41, 5.74) is 3.56. The van der Waals surface area contributed by atoms with Gasteiger partial charge in [-0.1, -0.05) is 42.1 Å². The fourth-order valence-corrected chi connectivity index (χ4v) is 3.81. The fraction of sp³-hybridized carbons (Fsp3) is 0.333. The highest BCUT2D eigenvalue weighted by molar-refractivity contribution is 7.98. The average Bonchev–Trinajstić information content (AvgIpc) is 2.53. The van der Waals surface area contributed by atoms with Crippen LogP contribution >= 0.6 is 23.4 Å². The molecular weight excluding hydrogens is 342 g/mol. The quantitative estimate of drug-likeness (QED) is 0.587. The summed E-state index contributed by atoms with van der Waals surface area (Å²) in [6.07, 6.45) is 0. The van der Waals surface area contributed by atoms with E-state index in [9.17, 15) is 4.79 Å². The highest BCUT2D eigenvalue weighted by Crippen LogP contribution is 2.31. The van der Waals surface area contributed by atoms with Crippen molar-refractivity contribution >= 4 is 29.1 Å². The van der Waals surface area contributed by atoms with Crippen molar-refractivity contribution in [2.75, 3.05) is 13.1 Å². The minimum Gasteiger partial charge on any atom is -0.372 e. The van der Waals surface area contributed by atoms with Gasteiger partial charge in [0.15, 0.2) is 5.16 Å². The molecule has 2 aromatic rings. The van der Waals surface area contributed by atoms with Crippen LogP contribution < -0.4 is 5.56 Å². The third-order valence-corrected chi connectivity index (χ3v) is 5.03. The van der Waals surface area contributed by atoms with Gasteiger partial charge in [-0.25, -0.2) is 4.98 Å². The number of aryl methyl sites for hydroxylation is 1. The Kier molecular flexibility index (Phi) is 6.52. The molecule has 0 unspecified atom stereocenters. The summed E-state index contributed by atoms with van der Waals surface area (Å²) >= 11 is 7.89. The lowest BCUT2D eigenvalue weighted by Crippen LogP contribution is -2.21. The van der Waals surface area contributed by atoms with Gasteiger partial charge in [0.2, 0.25) is 0 Å². The summed E-state index contributed by atoms with van der Waals surface area (Å²) in [6.45, 7) is 12.0. The van der Waals surface area contributed by atoms with Crippen molar-refractivity contribution in [2.45, 2.75) is 31.7 Å². The number of thioether (sulfide) groups is 1. The summed E-state index contributed by atoms with van der Waals surface area (Å²) in [4.78, 5) is 20.9. The van der Waals surface area contributed by atoms with Gasteiger partial charge in [-0.15, -0.1) is 0 Å². The van der Waals surface area contributed by atoms with Gasteiger partial charge in [0.1, 0.15) is 0 Å². The molecule has 0 saturated carbocycles. The maximum absolute atomic E-state index is 11.6. The second-order valence-corrected chi connectivity index (χ2v) is 6.74. The molecule has 0 spiro atoms. The highest BCUT2D eigenvalue weighted by atomic mass is 35.5. The van der Waals surface area contributed by atoms with Crippen molar-refractivity contribution in [2.24, 2.45) is 0 Å². The van der Waals surface area contributed by atoms with Crippen molar-refractivity contribution in [3.8, 4) is 0 Å². The van der Waals surface area contributed by atoms with Gasteiger partial charge >= 0.3 is 0 Å². The van der Waals surface area contributed by atoms with Crippen LogP contribution in [0.3, 0.4) is 0 Å². The summed E-state index contributed by atoms with van der Waals surface area (Å²) in [5.74, 6) is 0.613. The molecule has 128 valence electrons. The molecule has 1 aromatic heterocycles. The van der Waals surface area contributed by atoms with Gasteiger partial charge < -0.3 is 9.88 Å². The maximum atomic E-state index is 11.6. The standard InChI is InChI=1S/C18H22ClN3OS/c1-5-22(6-2)13(4)14-8-7-9-16(19)15(14)11-24-18-20-12(3)10-17(23)21-18/h7-10H,4-6,11H2,1-3H3,(H,20,21,23). The predicted molar refractivity (Wildman–Crippen MR) is 103 cm³/mol. The summed E-state index contributed by atoms with van der Waals surface area (Å²) in [6, 6.07) is 7.33. The Balaban J connectivity index is 2.29. The lowest BCUT2D eigenvalue weighted by atomic mass is 10.1. The topological polar surface area (TPSA) is 49.0 Å². The monoisotopic (exact) mass is 363 g/mol. The maximum Gasteiger partial charge on any atom is 0.251 e. The van der Waals surface area contributed by atoms with Crippen LogP contribution in [0.5, 0.6) is 0 Å². The van der Waals surface area contributed by atoms with Crippen LogP contribution in [0.4, 0.5) is 0 Å². The van der Waals surface area contributed by atoms with E-state index in [2.05, 4.69) is 35.3 Å². The molecule has 1 N–H and O–H groups in total. The molecule has 2 rings (SSSR count). The molecule has 0 atom stereocenters. The molecule has 0 aliphatic rings. The van der Waals surface area contributed by atoms with E-state index >= 15 is 0 Å². The first-order valence-electron chi connectivity index (χ1n) is 7.88. The Morgan fingerprint density at radius 1 is 1.38 bits per heavy atom. The van der Waals surface area contributed by atoms with Crippen molar-refractivity contribution in [3.63, 3.8) is 0 Å². The van der Waals surface area contributed by atoms with Crippen molar-refractivity contribution in [1.82, 2.24) is 14.9 Å². The van der Waals surface area contributed by atoms with Crippen LogP contribution in [0.2, 0.25) is 5.02 Å². The van der Waals surface area contributed by atoms with Crippen molar-refractivity contribution < 1.29 is 0 Å². The van der Waals surface area contributed by atoms with Gasteiger partial charge in [-0.05, 0) is 32.4 Å². The van der Waals surface area contributed by atoms with Gasteiger partial charge in [0.25, 0.3) is 5.56 Å². The third-order valence-electron chi connectivity index (χ3n) is 3.78. The van der Waals surface area contributed by atoms with Crippen molar-refractivity contribution in [3.05, 3.63) is 63.0 Å². The Morgan fingerprint density at radius 2 is 2.08 bits per heavy atom. The van der Waals surface area contributed by atoms with Crippen LogP contribution in [0.1, 0.15) is 30.7 Å². The minimum atomic E-state index is -0.142. The second kappa shape index (κ2) is 8.40. The van der Waals surface area contributed by atoms with Gasteiger partial charge in [0.05, 0.1) is 0 Å². The molecule has 6 heteroatoms. The molecule has 1 heterocycles. The first-order valence-corrected chi connectivity index (χ1v) is 9.25. The molecular formula is C18H22ClN3OS. The van der Waals surface area contributed by atoms with E-state index in [0.717, 1.165) is 29.9 Å². The van der Waals surface area contributed by atoms with Crippen LogP contribution in [0, 0.1) is 6.92 Å². The number of nitrogens with one attached hydrogen (secondary N) is 1. The number of hydrogen-bond acceptors (Lipinski definition) is 4. The normalized spacial score (nSPS) is 10.7. The van der Waals surface area contributed by atoms with Crippen LogP contribution in [0.15, 0.2) is 40.8 Å². The van der Waals surface area contributed by atoms with Crippen LogP contribution in [-0.4, -0.2) is 28.0 Å². The van der Waals surface area contributed by atoms with Crippen molar-refractivity contribution in [1.29, 1.82) is 0 Å². The molecule has 24 heavy (non-hydrogen) atoms. The van der Waals surface area contributed by atoms with E-state index in [1.165, 1.54) is 17.8 Å². The van der Waals surface area contributed by atoms with Gasteiger partial charge in [-0.3, -0.25) is 4.79 Å². The number of halogens is 1. The van der Waals surface area contributed by atoms with E-state index in [1.807, 2.05) is 25.1 Å². The molecule has 0 amide bonds. The lowest BCUT2D eigenvalue weighted by Gasteiger charge is -2.25. The number of hydrogen-bond donors (Lipinski definition) is 1. The smallest absolute Gasteiger partial charge is 0.251 e. The van der Waals surface area contributed by atoms with E-state index in [1.54, 1.807) is 0 Å². The van der Waals surface area contributed by atoms with Gasteiger partial charge in [-0.2, -0.15) is 0 Å². The largest absolute Gasteiger partial charge is 0.372 e. The molecule has 0 fully saturated rings. The number of H-pyrrole nitrogens is 1. The van der Waals surface area contributed by atoms with E-state index in [-0.39, 0.29) is 5.56 Å². The van der Waals surface area contributed by atoms with E-state index in [0.29, 0.717) is 21.6 Å². The van der Waals surface area contributed by atoms with Gasteiger partial charge in [0, 0.05) is 46.9 Å². The second-order valence-electron chi connectivity index (χ2n) is 5.37. The molecule has 1 aromatic carbocycles. The van der Waals surface area contributed by atoms with Crippen LogP contribution in [-0.2, 0) is 5.75 Å². The highest BCUT2D eigenvalue weighted by Gasteiger charge is 2.14. The Labute approximate surface area is 152 Å². The first-order chi connectivity index (χ1) is 11.5. The fourth-order valence-electron chi connectivity index (χ4n) is 2.51. The summed E-state index contributed by atoms with van der Waals surface area (Å²) in [7, 11) is 0. The summed E-state index contributed by atoms with van der Waals surface area (Å²) < 4.78 is 0. The average molecular weight is 364 g/mol. The number of benzene rings is 1. The number of aromatic nitrogens is 2. The van der Waals surface area contributed by atoms with E-state index in [4.69, 9.17) is 11.6 Å². The Hall–Kier alpha value is -1.72. The molecule has 4 nitrogen and oxygen atoms in total.